The smallest absolute Gasteiger partial charge is 0.0900 e. The van der Waals surface area contributed by atoms with E-state index in [0.717, 1.165) is 19.4 Å². The van der Waals surface area contributed by atoms with Crippen molar-refractivity contribution in [2.75, 3.05) is 26.3 Å². The van der Waals surface area contributed by atoms with E-state index in [9.17, 15) is 10.2 Å². The van der Waals surface area contributed by atoms with Gasteiger partial charge in [0.1, 0.15) is 0 Å². The van der Waals surface area contributed by atoms with E-state index in [4.69, 9.17) is 4.74 Å². The molecule has 1 aliphatic carbocycles. The lowest BCUT2D eigenvalue weighted by Crippen LogP contribution is -2.39. The van der Waals surface area contributed by atoms with Gasteiger partial charge in [0.15, 0.2) is 0 Å². The topological polar surface area (TPSA) is 52.9 Å². The number of hydrogen-bond donors (Lipinski definition) is 2. The summed E-state index contributed by atoms with van der Waals surface area (Å²) in [6, 6.07) is 10.2. The first-order chi connectivity index (χ1) is 11.9. The predicted octanol–water partition coefficient (Wildman–Crippen LogP) is 3.07. The third-order valence-electron chi connectivity index (χ3n) is 5.01. The fraction of sp³-hybridized carbons (Fsp3) is 0.714. The second-order valence-electron chi connectivity index (χ2n) is 8.47. The molecule has 1 aliphatic rings. The third-order valence-corrected chi connectivity index (χ3v) is 5.01. The third kappa shape index (κ3) is 7.45. The molecule has 0 aromatic heterocycles. The lowest BCUT2D eigenvalue weighted by molar-refractivity contribution is -0.0623. The normalized spacial score (nSPS) is 24.4. The Labute approximate surface area is 152 Å². The average Bonchev–Trinajstić information content (AvgIpc) is 2.52. The number of rotatable bonds is 9. The van der Waals surface area contributed by atoms with Gasteiger partial charge in [-0.05, 0) is 36.2 Å². The number of benzene rings is 1. The average molecular weight is 350 g/mol. The minimum atomic E-state index is -0.532. The highest BCUT2D eigenvalue weighted by Gasteiger charge is 2.32. The fourth-order valence-corrected chi connectivity index (χ4v) is 4.20. The molecule has 1 aromatic rings. The van der Waals surface area contributed by atoms with Gasteiger partial charge in [0.25, 0.3) is 0 Å². The monoisotopic (exact) mass is 349 g/mol. The predicted molar refractivity (Wildman–Crippen MR) is 101 cm³/mol. The lowest BCUT2D eigenvalue weighted by atomic mass is 9.71. The minimum absolute atomic E-state index is 0.0920. The molecular formula is C21H35NO3. The van der Waals surface area contributed by atoms with Crippen molar-refractivity contribution in [3.8, 4) is 0 Å². The van der Waals surface area contributed by atoms with Gasteiger partial charge in [-0.15, -0.1) is 0 Å². The molecule has 0 saturated heterocycles. The molecule has 25 heavy (non-hydrogen) atoms. The minimum Gasteiger partial charge on any atom is -0.395 e. The molecule has 0 heterocycles. The van der Waals surface area contributed by atoms with E-state index in [1.54, 1.807) is 0 Å². The highest BCUT2D eigenvalue weighted by molar-refractivity contribution is 5.14. The molecule has 0 spiro atoms. The van der Waals surface area contributed by atoms with Gasteiger partial charge in [-0.1, -0.05) is 51.1 Å². The van der Waals surface area contributed by atoms with Crippen LogP contribution in [0.25, 0.3) is 0 Å². The number of aliphatic hydroxyl groups is 2. The number of nitrogens with zero attached hydrogens (tertiary/aromatic N) is 1. The largest absolute Gasteiger partial charge is 0.395 e. The molecule has 4 heteroatoms. The summed E-state index contributed by atoms with van der Waals surface area (Å²) in [5.74, 6) is 0.676. The highest BCUT2D eigenvalue weighted by Crippen LogP contribution is 2.39. The first-order valence-electron chi connectivity index (χ1n) is 9.55. The van der Waals surface area contributed by atoms with E-state index >= 15 is 0 Å². The summed E-state index contributed by atoms with van der Waals surface area (Å²) < 4.78 is 6.04. The van der Waals surface area contributed by atoms with Crippen molar-refractivity contribution >= 4 is 0 Å². The molecule has 0 amide bonds. The zero-order chi connectivity index (χ0) is 18.3. The first kappa shape index (κ1) is 20.4. The van der Waals surface area contributed by atoms with E-state index in [2.05, 4.69) is 37.8 Å². The number of ether oxygens (including phenoxy) is 1. The van der Waals surface area contributed by atoms with Crippen LogP contribution in [0.15, 0.2) is 30.3 Å². The van der Waals surface area contributed by atoms with Crippen LogP contribution >= 0.6 is 0 Å². The van der Waals surface area contributed by atoms with Crippen molar-refractivity contribution in [1.29, 1.82) is 0 Å². The maximum atomic E-state index is 10.4. The SMILES string of the molecule is C[C@H]1C[C@H](OC[C@H](O)CN(CCO)Cc2ccccc2)CC(C)(C)C1. The van der Waals surface area contributed by atoms with E-state index < -0.39 is 6.10 Å². The Bertz CT molecular complexity index is 491. The van der Waals surface area contributed by atoms with Gasteiger partial charge in [0.05, 0.1) is 25.4 Å². The summed E-state index contributed by atoms with van der Waals surface area (Å²) >= 11 is 0. The molecule has 1 saturated carbocycles. The molecule has 0 unspecified atom stereocenters. The Hall–Kier alpha value is -0.940. The van der Waals surface area contributed by atoms with E-state index in [1.165, 1.54) is 12.0 Å². The van der Waals surface area contributed by atoms with Gasteiger partial charge in [-0.25, -0.2) is 0 Å². The molecule has 0 bridgehead atoms. The van der Waals surface area contributed by atoms with Crippen LogP contribution in [0.2, 0.25) is 0 Å². The summed E-state index contributed by atoms with van der Waals surface area (Å²) in [4.78, 5) is 2.08. The van der Waals surface area contributed by atoms with Crippen LogP contribution < -0.4 is 0 Å². The standard InChI is InChI=1S/C21H35NO3/c1-17-11-20(13-21(2,3)12-17)25-16-19(24)15-22(9-10-23)14-18-7-5-4-6-8-18/h4-8,17,19-20,23-24H,9-16H2,1-3H3/t17-,19+,20-/m0/s1. The Morgan fingerprint density at radius 2 is 1.96 bits per heavy atom. The maximum Gasteiger partial charge on any atom is 0.0900 e. The van der Waals surface area contributed by atoms with Crippen LogP contribution in [0, 0.1) is 11.3 Å². The van der Waals surface area contributed by atoms with Crippen LogP contribution in [-0.2, 0) is 11.3 Å². The molecule has 4 nitrogen and oxygen atoms in total. The van der Waals surface area contributed by atoms with Crippen LogP contribution in [0.3, 0.4) is 0 Å². The number of hydrogen-bond acceptors (Lipinski definition) is 4. The summed E-state index contributed by atoms with van der Waals surface area (Å²) in [6.07, 6.45) is 3.11. The second kappa shape index (κ2) is 9.67. The van der Waals surface area contributed by atoms with Gasteiger partial charge < -0.3 is 14.9 Å². The van der Waals surface area contributed by atoms with Crippen molar-refractivity contribution in [1.82, 2.24) is 4.90 Å². The van der Waals surface area contributed by atoms with E-state index in [-0.39, 0.29) is 12.7 Å². The van der Waals surface area contributed by atoms with Gasteiger partial charge in [0.2, 0.25) is 0 Å². The zero-order valence-corrected chi connectivity index (χ0v) is 16.0. The molecule has 2 rings (SSSR count). The summed E-state index contributed by atoms with van der Waals surface area (Å²) in [5, 5.41) is 19.7. The number of aliphatic hydroxyl groups excluding tert-OH is 2. The van der Waals surface area contributed by atoms with Crippen molar-refractivity contribution in [2.45, 2.75) is 58.8 Å². The van der Waals surface area contributed by atoms with Crippen LogP contribution in [0.4, 0.5) is 0 Å². The Balaban J connectivity index is 1.79. The molecule has 142 valence electrons. The molecule has 2 N–H and O–H groups in total. The van der Waals surface area contributed by atoms with E-state index in [1.807, 2.05) is 18.2 Å². The summed E-state index contributed by atoms with van der Waals surface area (Å²) in [6.45, 7) is 9.15. The van der Waals surface area contributed by atoms with Gasteiger partial charge in [-0.3, -0.25) is 4.90 Å². The Kier molecular flexibility index (Phi) is 7.88. The molecule has 0 radical (unpaired) electrons. The highest BCUT2D eigenvalue weighted by atomic mass is 16.5. The van der Waals surface area contributed by atoms with Gasteiger partial charge in [0, 0.05) is 19.6 Å². The fourth-order valence-electron chi connectivity index (χ4n) is 4.20. The quantitative estimate of drug-likeness (QED) is 0.719. The van der Waals surface area contributed by atoms with Crippen molar-refractivity contribution in [3.05, 3.63) is 35.9 Å². The molecular weight excluding hydrogens is 314 g/mol. The first-order valence-corrected chi connectivity index (χ1v) is 9.55. The summed E-state index contributed by atoms with van der Waals surface area (Å²) in [5.41, 5.74) is 1.51. The zero-order valence-electron chi connectivity index (χ0n) is 16.0. The summed E-state index contributed by atoms with van der Waals surface area (Å²) in [7, 11) is 0. The van der Waals surface area contributed by atoms with Gasteiger partial charge >= 0.3 is 0 Å². The van der Waals surface area contributed by atoms with Crippen molar-refractivity contribution in [2.24, 2.45) is 11.3 Å². The van der Waals surface area contributed by atoms with Crippen LogP contribution in [-0.4, -0.2) is 53.6 Å². The van der Waals surface area contributed by atoms with Crippen LogP contribution in [0.5, 0.6) is 0 Å². The van der Waals surface area contributed by atoms with Crippen molar-refractivity contribution < 1.29 is 14.9 Å². The molecule has 1 aromatic carbocycles. The Morgan fingerprint density at radius 1 is 1.24 bits per heavy atom. The molecule has 1 fully saturated rings. The second-order valence-corrected chi connectivity index (χ2v) is 8.47. The molecule has 0 aliphatic heterocycles. The lowest BCUT2D eigenvalue weighted by Gasteiger charge is -2.39. The van der Waals surface area contributed by atoms with Crippen molar-refractivity contribution in [3.63, 3.8) is 0 Å². The van der Waals surface area contributed by atoms with Gasteiger partial charge in [-0.2, -0.15) is 0 Å². The maximum absolute atomic E-state index is 10.4. The molecule has 3 atom stereocenters. The Morgan fingerprint density at radius 3 is 2.60 bits per heavy atom. The van der Waals surface area contributed by atoms with Crippen LogP contribution in [0.1, 0.15) is 45.6 Å². The van der Waals surface area contributed by atoms with E-state index in [0.29, 0.717) is 31.0 Å².